The van der Waals surface area contributed by atoms with Gasteiger partial charge in [0.1, 0.15) is 4.90 Å². The van der Waals surface area contributed by atoms with Crippen LogP contribution >= 0.6 is 0 Å². The molecule has 48 heavy (non-hydrogen) atoms. The predicted molar refractivity (Wildman–Crippen MR) is 178 cm³/mol. The molecule has 10 N–H and O–H groups in total. The number of rotatable bonds is 12. The van der Waals surface area contributed by atoms with Gasteiger partial charge in [-0.15, -0.1) is 12.3 Å². The van der Waals surface area contributed by atoms with E-state index in [1.165, 1.54) is 0 Å². The van der Waals surface area contributed by atoms with Crippen LogP contribution in [0.25, 0.3) is 10.8 Å². The first-order valence-electron chi connectivity index (χ1n) is 13.5. The van der Waals surface area contributed by atoms with E-state index in [0.717, 1.165) is 24.3 Å². The highest BCUT2D eigenvalue weighted by atomic mass is 32.2. The number of hydrogen-bond acceptors (Lipinski definition) is 14. The van der Waals surface area contributed by atoms with E-state index in [0.29, 0.717) is 37.7 Å². The topological polar surface area (TPSA) is 315 Å². The third-order valence-electron chi connectivity index (χ3n) is 5.40. The number of terminal acetylenes is 1. The molecule has 0 amide bonds. The van der Waals surface area contributed by atoms with E-state index in [-0.39, 0.29) is 34.2 Å². The number of carbonyl (C=O) groups is 1. The molecule has 1 heterocycles. The fourth-order valence-corrected chi connectivity index (χ4v) is 5.46. The molecule has 0 aliphatic heterocycles. The van der Waals surface area contributed by atoms with Crippen LogP contribution in [0, 0.1) is 12.3 Å². The molecule has 0 unspecified atom stereocenters. The molecule has 262 valence electrons. The fraction of sp³-hybridized carbons (Fsp3) is 0.259. The second-order valence-corrected chi connectivity index (χ2v) is 13.3. The minimum atomic E-state index is -4.85. The Morgan fingerprint density at radius 1 is 0.896 bits per heavy atom. The molecule has 0 aliphatic carbocycles. The van der Waals surface area contributed by atoms with Crippen LogP contribution in [0.2, 0.25) is 0 Å². The van der Waals surface area contributed by atoms with Gasteiger partial charge < -0.3 is 27.2 Å². The molecular weight excluding hydrogens is 695 g/mol. The minimum absolute atomic E-state index is 0.0224. The van der Waals surface area contributed by atoms with Gasteiger partial charge in [0.2, 0.25) is 17.8 Å². The normalized spacial score (nSPS) is 12.1. The highest BCUT2D eigenvalue weighted by Crippen LogP contribution is 2.29. The van der Waals surface area contributed by atoms with Crippen LogP contribution in [-0.2, 0) is 35.1 Å². The van der Waals surface area contributed by atoms with Crippen molar-refractivity contribution in [2.45, 2.75) is 48.3 Å². The third kappa shape index (κ3) is 12.8. The molecule has 18 nitrogen and oxygen atoms in total. The average molecular weight is 730 g/mol. The van der Waals surface area contributed by atoms with Crippen LogP contribution in [0.5, 0.6) is 0 Å². The molecule has 0 saturated carbocycles. The molecular formula is C27H35N7O11S3. The predicted octanol–water partition coefficient (Wildman–Crippen LogP) is 2.17. The number of carboxylic acids is 1. The lowest BCUT2D eigenvalue weighted by molar-refractivity contribution is -0.132. The maximum Gasteiger partial charge on any atom is 0.337 e. The quantitative estimate of drug-likeness (QED) is 0.0573. The number of anilines is 3. The number of nitrogens with zero attached hydrogens (tertiary/aromatic N) is 3. The van der Waals surface area contributed by atoms with Crippen molar-refractivity contribution in [2.24, 2.45) is 5.73 Å². The molecule has 0 spiro atoms. The molecule has 0 atom stereocenters. The van der Waals surface area contributed by atoms with Gasteiger partial charge in [0.05, 0.1) is 21.1 Å². The molecule has 0 fully saturated rings. The van der Waals surface area contributed by atoms with Crippen molar-refractivity contribution in [3.8, 4) is 12.3 Å². The summed E-state index contributed by atoms with van der Waals surface area (Å²) >= 11 is 0. The van der Waals surface area contributed by atoms with Gasteiger partial charge in [0, 0.05) is 18.5 Å². The number of aromatic nitrogens is 3. The lowest BCUT2D eigenvalue weighted by Gasteiger charge is -2.12. The van der Waals surface area contributed by atoms with Crippen LogP contribution in [0.15, 0.2) is 68.4 Å². The van der Waals surface area contributed by atoms with Crippen molar-refractivity contribution in [3.63, 3.8) is 0 Å². The summed E-state index contributed by atoms with van der Waals surface area (Å²) in [6.07, 6.45) is 9.21. The van der Waals surface area contributed by atoms with Gasteiger partial charge in [0.25, 0.3) is 30.4 Å². The van der Waals surface area contributed by atoms with Gasteiger partial charge in [-0.05, 0) is 49.4 Å². The first-order chi connectivity index (χ1) is 22.2. The molecule has 3 rings (SSSR count). The van der Waals surface area contributed by atoms with Crippen LogP contribution in [0.3, 0.4) is 0 Å². The minimum Gasteiger partial charge on any atom is -0.478 e. The van der Waals surface area contributed by atoms with E-state index in [2.05, 4.69) is 37.9 Å². The SMILES string of the molecule is C#CC.CC/C=C(Nc1nc(N)nc(NCCN)n1)\C(=C/CC)C(=O)O.O=S(=O)(O)c1ccc2c(S(=O)(=O)O)cc(S(=O)(=O)O)cc2c1. The van der Waals surface area contributed by atoms with E-state index in [9.17, 15) is 35.2 Å². The van der Waals surface area contributed by atoms with Crippen LogP contribution in [0.4, 0.5) is 17.8 Å². The molecule has 2 aromatic carbocycles. The first-order valence-corrected chi connectivity index (χ1v) is 17.8. The molecule has 21 heteroatoms. The lowest BCUT2D eigenvalue weighted by atomic mass is 10.1. The summed E-state index contributed by atoms with van der Waals surface area (Å²) < 4.78 is 94.1. The first kappa shape index (κ1) is 41.3. The summed E-state index contributed by atoms with van der Waals surface area (Å²) in [4.78, 5) is 21.2. The highest BCUT2D eigenvalue weighted by molar-refractivity contribution is 7.87. The van der Waals surface area contributed by atoms with E-state index in [1.54, 1.807) is 19.1 Å². The number of hydrogen-bond donors (Lipinski definition) is 8. The highest BCUT2D eigenvalue weighted by Gasteiger charge is 2.22. The molecule has 0 saturated heterocycles. The number of nitrogen functional groups attached to an aromatic ring is 1. The smallest absolute Gasteiger partial charge is 0.337 e. The molecule has 0 aliphatic rings. The van der Waals surface area contributed by atoms with Crippen molar-refractivity contribution >= 4 is 64.9 Å². The Kier molecular flexibility index (Phi) is 15.5. The summed E-state index contributed by atoms with van der Waals surface area (Å²) in [6.45, 7) is 6.32. The number of nitrogens with two attached hydrogens (primary N) is 2. The number of benzene rings is 2. The van der Waals surface area contributed by atoms with Crippen LogP contribution in [-0.4, -0.2) is 78.0 Å². The maximum atomic E-state index is 11.4. The summed E-state index contributed by atoms with van der Waals surface area (Å²) in [5.74, 6) is 1.69. The van der Waals surface area contributed by atoms with Crippen molar-refractivity contribution in [1.29, 1.82) is 0 Å². The largest absolute Gasteiger partial charge is 0.478 e. The molecule has 0 radical (unpaired) electrons. The van der Waals surface area contributed by atoms with Gasteiger partial charge >= 0.3 is 5.97 Å². The maximum absolute atomic E-state index is 11.4. The Labute approximate surface area is 277 Å². The van der Waals surface area contributed by atoms with Crippen molar-refractivity contribution in [1.82, 2.24) is 15.0 Å². The zero-order valence-electron chi connectivity index (χ0n) is 25.8. The van der Waals surface area contributed by atoms with Crippen molar-refractivity contribution < 1.29 is 48.8 Å². The summed E-state index contributed by atoms with van der Waals surface area (Å²) in [5.41, 5.74) is 11.6. The van der Waals surface area contributed by atoms with Gasteiger partial charge in [0.15, 0.2) is 0 Å². The zero-order chi connectivity index (χ0) is 36.9. The fourth-order valence-electron chi connectivity index (χ4n) is 3.59. The summed E-state index contributed by atoms with van der Waals surface area (Å²) in [7, 11) is -14.3. The second kappa shape index (κ2) is 18.0. The molecule has 0 bridgehead atoms. The number of carboxylic acid groups (broad SMARTS) is 1. The Balaban J connectivity index is 0.000000444. The van der Waals surface area contributed by atoms with Crippen molar-refractivity contribution in [3.05, 3.63) is 53.8 Å². The van der Waals surface area contributed by atoms with Crippen LogP contribution < -0.4 is 22.1 Å². The zero-order valence-corrected chi connectivity index (χ0v) is 28.3. The summed E-state index contributed by atoms with van der Waals surface area (Å²) in [6, 6.07) is 3.97. The monoisotopic (exact) mass is 729 g/mol. The summed E-state index contributed by atoms with van der Waals surface area (Å²) in [5, 5.41) is 14.7. The Morgan fingerprint density at radius 2 is 1.44 bits per heavy atom. The van der Waals surface area contributed by atoms with E-state index in [4.69, 9.17) is 25.1 Å². The third-order valence-corrected chi connectivity index (χ3v) is 7.97. The average Bonchev–Trinajstić information content (AvgIpc) is 2.96. The van der Waals surface area contributed by atoms with E-state index in [1.807, 2.05) is 13.8 Å². The number of aliphatic carboxylic acids is 1. The van der Waals surface area contributed by atoms with Crippen molar-refractivity contribution in [2.75, 3.05) is 29.5 Å². The Bertz CT molecular complexity index is 2050. The lowest BCUT2D eigenvalue weighted by Crippen LogP contribution is -2.17. The Hall–Kier alpha value is -4.69. The molecule has 1 aromatic heterocycles. The van der Waals surface area contributed by atoms with Gasteiger partial charge in [-0.1, -0.05) is 32.1 Å². The standard InChI is InChI=1S/C14H23N7O2.C10H8O9S3.C3H4/c1-3-5-9(11(22)23)10(6-4-2)18-14-20-12(16)19-13(21-14)17-8-7-15;11-20(12,13)7-1-2-9-6(3-7)4-8(21(14,15)16)5-10(9)22(17,18)19;1-3-2/h5-6H,3-4,7-8,15H2,1-2H3,(H,22,23)(H4,16,17,18,19,20,21);1-5H,(H,11,12,13)(H,14,15,16)(H,17,18,19);1H,2H3/b9-5+,10-6+;;. The van der Waals surface area contributed by atoms with E-state index < -0.39 is 51.0 Å². The van der Waals surface area contributed by atoms with E-state index >= 15 is 0 Å². The van der Waals surface area contributed by atoms with Gasteiger partial charge in [-0.25, -0.2) is 4.79 Å². The molecule has 3 aromatic rings. The number of nitrogens with one attached hydrogen (secondary N) is 2. The number of fused-ring (bicyclic) bond motifs is 1. The van der Waals surface area contributed by atoms with Gasteiger partial charge in [-0.3, -0.25) is 13.7 Å². The van der Waals surface area contributed by atoms with Crippen LogP contribution in [0.1, 0.15) is 33.6 Å². The van der Waals surface area contributed by atoms with Gasteiger partial charge in [-0.2, -0.15) is 40.2 Å². The second-order valence-electron chi connectivity index (χ2n) is 9.06. The Morgan fingerprint density at radius 3 is 1.92 bits per heavy atom. The number of allylic oxidation sites excluding steroid dienone is 2.